The first kappa shape index (κ1) is 15.3. The second-order valence-corrected chi connectivity index (χ2v) is 5.36. The first-order valence-corrected chi connectivity index (χ1v) is 7.56. The molecule has 106 valence electrons. The molecule has 0 aromatic carbocycles. The molecule has 0 bridgehead atoms. The van der Waals surface area contributed by atoms with Crippen molar-refractivity contribution in [2.24, 2.45) is 0 Å². The van der Waals surface area contributed by atoms with Crippen LogP contribution in [0.5, 0.6) is 0 Å². The van der Waals surface area contributed by atoms with Crippen LogP contribution in [0.25, 0.3) is 0 Å². The summed E-state index contributed by atoms with van der Waals surface area (Å²) in [7, 11) is -0.958. The van der Waals surface area contributed by atoms with Gasteiger partial charge in [0, 0.05) is 35.9 Å². The standard InChI is InChI=1S/C10H17N5O3S/c1-3-4-11-9-8(15(16)17)10(14-7-13-9)12-5-6-19(2)18/h7H,3-6H2,1-2H3,(H2,11,12,13,14). The molecule has 0 amide bonds. The summed E-state index contributed by atoms with van der Waals surface area (Å²) in [5, 5.41) is 16.8. The van der Waals surface area contributed by atoms with Crippen molar-refractivity contribution in [3.8, 4) is 0 Å². The molecule has 0 saturated heterocycles. The molecule has 0 aliphatic heterocycles. The van der Waals surface area contributed by atoms with Gasteiger partial charge in [-0.2, -0.15) is 0 Å². The molecule has 1 aromatic rings. The first-order valence-electron chi connectivity index (χ1n) is 5.83. The summed E-state index contributed by atoms with van der Waals surface area (Å²) in [5.41, 5.74) is -0.183. The fraction of sp³-hybridized carbons (Fsp3) is 0.600. The summed E-state index contributed by atoms with van der Waals surface area (Å²) in [5.74, 6) is 0.741. The Bertz CT molecular complexity index is 468. The second-order valence-electron chi connectivity index (χ2n) is 3.81. The van der Waals surface area contributed by atoms with Gasteiger partial charge in [-0.1, -0.05) is 6.92 Å². The largest absolute Gasteiger partial charge is 0.364 e. The summed E-state index contributed by atoms with van der Waals surface area (Å²) in [6.45, 7) is 2.90. The topological polar surface area (TPSA) is 110 Å². The summed E-state index contributed by atoms with van der Waals surface area (Å²) in [4.78, 5) is 18.3. The molecule has 0 spiro atoms. The molecule has 2 N–H and O–H groups in total. The van der Waals surface area contributed by atoms with Gasteiger partial charge in [0.25, 0.3) is 0 Å². The molecular weight excluding hydrogens is 270 g/mol. The minimum absolute atomic E-state index is 0.143. The molecule has 0 saturated carbocycles. The third-order valence-corrected chi connectivity index (χ3v) is 3.01. The zero-order chi connectivity index (χ0) is 14.3. The number of hydrogen-bond donors (Lipinski definition) is 2. The minimum atomic E-state index is -0.958. The molecule has 0 aliphatic carbocycles. The van der Waals surface area contributed by atoms with Gasteiger partial charge in [0.1, 0.15) is 6.33 Å². The van der Waals surface area contributed by atoms with Crippen molar-refractivity contribution in [1.82, 2.24) is 9.97 Å². The zero-order valence-electron chi connectivity index (χ0n) is 10.9. The van der Waals surface area contributed by atoms with Gasteiger partial charge < -0.3 is 10.6 Å². The van der Waals surface area contributed by atoms with Crippen LogP contribution in [0, 0.1) is 10.1 Å². The molecule has 1 aromatic heterocycles. The third-order valence-electron chi connectivity index (χ3n) is 2.23. The van der Waals surface area contributed by atoms with Crippen LogP contribution in [-0.2, 0) is 10.8 Å². The SMILES string of the molecule is CCCNc1ncnc(NCCS(C)=O)c1[N+](=O)[O-]. The van der Waals surface area contributed by atoms with Crippen LogP contribution in [0.1, 0.15) is 13.3 Å². The van der Waals surface area contributed by atoms with Crippen LogP contribution >= 0.6 is 0 Å². The molecule has 0 fully saturated rings. The first-order chi connectivity index (χ1) is 9.06. The van der Waals surface area contributed by atoms with Crippen LogP contribution < -0.4 is 10.6 Å². The highest BCUT2D eigenvalue weighted by Crippen LogP contribution is 2.28. The van der Waals surface area contributed by atoms with E-state index in [1.807, 2.05) is 6.92 Å². The molecule has 1 heterocycles. The molecule has 1 rings (SSSR count). The maximum atomic E-state index is 11.1. The molecule has 8 nitrogen and oxygen atoms in total. The van der Waals surface area contributed by atoms with Crippen molar-refractivity contribution >= 4 is 28.1 Å². The van der Waals surface area contributed by atoms with Gasteiger partial charge >= 0.3 is 5.69 Å². The lowest BCUT2D eigenvalue weighted by Crippen LogP contribution is -2.14. The Morgan fingerprint density at radius 3 is 2.37 bits per heavy atom. The summed E-state index contributed by atoms with van der Waals surface area (Å²) in [6, 6.07) is 0. The number of nitrogens with one attached hydrogen (secondary N) is 2. The lowest BCUT2D eigenvalue weighted by molar-refractivity contribution is -0.383. The number of aromatic nitrogens is 2. The Hall–Kier alpha value is -1.77. The Balaban J connectivity index is 2.89. The van der Waals surface area contributed by atoms with Crippen LogP contribution in [0.3, 0.4) is 0 Å². The van der Waals surface area contributed by atoms with Crippen molar-refractivity contribution in [3.05, 3.63) is 16.4 Å². The van der Waals surface area contributed by atoms with E-state index in [1.165, 1.54) is 6.33 Å². The number of nitrogens with zero attached hydrogens (tertiary/aromatic N) is 3. The second kappa shape index (κ2) is 7.62. The number of hydrogen-bond acceptors (Lipinski definition) is 7. The highest BCUT2D eigenvalue weighted by molar-refractivity contribution is 7.84. The van der Waals surface area contributed by atoms with E-state index in [-0.39, 0.29) is 17.3 Å². The lowest BCUT2D eigenvalue weighted by atomic mass is 10.4. The fourth-order valence-electron chi connectivity index (χ4n) is 1.37. The lowest BCUT2D eigenvalue weighted by Gasteiger charge is -2.08. The van der Waals surface area contributed by atoms with Crippen molar-refractivity contribution in [1.29, 1.82) is 0 Å². The van der Waals surface area contributed by atoms with Gasteiger partial charge in [0.05, 0.1) is 4.92 Å². The van der Waals surface area contributed by atoms with Gasteiger partial charge in [-0.25, -0.2) is 9.97 Å². The molecule has 9 heteroatoms. The Morgan fingerprint density at radius 1 is 1.32 bits per heavy atom. The minimum Gasteiger partial charge on any atom is -0.364 e. The van der Waals surface area contributed by atoms with E-state index in [2.05, 4.69) is 20.6 Å². The van der Waals surface area contributed by atoms with Gasteiger partial charge in [0.15, 0.2) is 0 Å². The van der Waals surface area contributed by atoms with E-state index in [1.54, 1.807) is 6.26 Å². The Labute approximate surface area is 113 Å². The molecule has 19 heavy (non-hydrogen) atoms. The number of nitro groups is 1. The molecule has 0 aliphatic rings. The van der Waals surface area contributed by atoms with E-state index in [9.17, 15) is 14.3 Å². The Kier molecular flexibility index (Phi) is 6.13. The highest BCUT2D eigenvalue weighted by atomic mass is 32.2. The van der Waals surface area contributed by atoms with Gasteiger partial charge in [-0.05, 0) is 6.42 Å². The maximum absolute atomic E-state index is 11.1. The van der Waals surface area contributed by atoms with Crippen molar-refractivity contribution in [2.45, 2.75) is 13.3 Å². The summed E-state index contributed by atoms with van der Waals surface area (Å²) in [6.07, 6.45) is 3.67. The predicted octanol–water partition coefficient (Wildman–Crippen LogP) is 0.997. The van der Waals surface area contributed by atoms with Gasteiger partial charge in [0.2, 0.25) is 11.6 Å². The Morgan fingerprint density at radius 2 is 1.89 bits per heavy atom. The molecule has 1 atom stereocenters. The quantitative estimate of drug-likeness (QED) is 0.542. The van der Waals surface area contributed by atoms with Crippen LogP contribution in [0.2, 0.25) is 0 Å². The summed E-state index contributed by atoms with van der Waals surface area (Å²) < 4.78 is 11.0. The van der Waals surface area contributed by atoms with Crippen molar-refractivity contribution in [2.75, 3.05) is 35.7 Å². The number of anilines is 2. The average Bonchev–Trinajstić information content (AvgIpc) is 2.35. The van der Waals surface area contributed by atoms with Gasteiger partial charge in [-0.3, -0.25) is 14.3 Å². The molecule has 1 unspecified atom stereocenters. The van der Waals surface area contributed by atoms with Crippen molar-refractivity contribution in [3.63, 3.8) is 0 Å². The summed E-state index contributed by atoms with van der Waals surface area (Å²) >= 11 is 0. The number of rotatable bonds is 8. The van der Waals surface area contributed by atoms with Crippen LogP contribution in [0.15, 0.2) is 6.33 Å². The average molecular weight is 287 g/mol. The van der Waals surface area contributed by atoms with E-state index in [0.29, 0.717) is 18.8 Å². The van der Waals surface area contributed by atoms with E-state index in [0.717, 1.165) is 6.42 Å². The fourth-order valence-corrected chi connectivity index (χ4v) is 1.76. The zero-order valence-corrected chi connectivity index (χ0v) is 11.7. The monoisotopic (exact) mass is 287 g/mol. The molecular formula is C10H17N5O3S. The predicted molar refractivity (Wildman–Crippen MR) is 74.9 cm³/mol. The maximum Gasteiger partial charge on any atom is 0.353 e. The normalized spacial score (nSPS) is 11.9. The highest BCUT2D eigenvalue weighted by Gasteiger charge is 2.22. The smallest absolute Gasteiger partial charge is 0.353 e. The third kappa shape index (κ3) is 4.78. The molecule has 0 radical (unpaired) electrons. The van der Waals surface area contributed by atoms with Crippen LogP contribution in [-0.4, -0.2) is 44.2 Å². The van der Waals surface area contributed by atoms with E-state index in [4.69, 9.17) is 0 Å². The van der Waals surface area contributed by atoms with Crippen molar-refractivity contribution < 1.29 is 9.13 Å². The van der Waals surface area contributed by atoms with E-state index >= 15 is 0 Å². The van der Waals surface area contributed by atoms with Gasteiger partial charge in [-0.15, -0.1) is 0 Å². The van der Waals surface area contributed by atoms with Crippen LogP contribution in [0.4, 0.5) is 17.3 Å². The van der Waals surface area contributed by atoms with E-state index < -0.39 is 15.7 Å².